The second kappa shape index (κ2) is 8.90. The van der Waals surface area contributed by atoms with Gasteiger partial charge < -0.3 is 9.80 Å². The van der Waals surface area contributed by atoms with Crippen molar-refractivity contribution in [2.45, 2.75) is 13.5 Å². The van der Waals surface area contributed by atoms with E-state index in [4.69, 9.17) is 0 Å². The maximum Gasteiger partial charge on any atom is 0.336 e. The first-order valence-electron chi connectivity index (χ1n) is 11.0. The molecule has 0 unspecified atom stereocenters. The normalized spacial score (nSPS) is 14.1. The van der Waals surface area contributed by atoms with E-state index in [-0.39, 0.29) is 23.8 Å². The van der Waals surface area contributed by atoms with Gasteiger partial charge in [-0.05, 0) is 54.3 Å². The number of carbonyl (C=O) groups is 1. The van der Waals surface area contributed by atoms with Crippen LogP contribution in [0.15, 0.2) is 69.6 Å². The zero-order valence-electron chi connectivity index (χ0n) is 18.6. The molecule has 0 radical (unpaired) electrons. The third-order valence-electron chi connectivity index (χ3n) is 6.23. The minimum Gasteiger partial charge on any atom is -0.368 e. The summed E-state index contributed by atoms with van der Waals surface area (Å²) in [5.41, 5.74) is 1.80. The van der Waals surface area contributed by atoms with Crippen LogP contribution in [0.4, 0.5) is 10.1 Å². The number of aryl methyl sites for hydroxylation is 1. The van der Waals surface area contributed by atoms with E-state index in [9.17, 15) is 18.8 Å². The minimum absolute atomic E-state index is 0.144. The van der Waals surface area contributed by atoms with Gasteiger partial charge in [-0.25, -0.2) is 13.8 Å². The van der Waals surface area contributed by atoms with Crippen molar-refractivity contribution in [3.63, 3.8) is 0 Å². The van der Waals surface area contributed by atoms with Crippen LogP contribution >= 0.6 is 11.3 Å². The monoisotopic (exact) mass is 478 g/mol. The molecule has 0 saturated carbocycles. The van der Waals surface area contributed by atoms with Gasteiger partial charge in [0, 0.05) is 31.9 Å². The zero-order chi connectivity index (χ0) is 23.8. The first-order chi connectivity index (χ1) is 16.4. The van der Waals surface area contributed by atoms with Crippen molar-refractivity contribution < 1.29 is 9.18 Å². The van der Waals surface area contributed by atoms with E-state index in [0.717, 1.165) is 15.8 Å². The molecule has 0 spiro atoms. The lowest BCUT2D eigenvalue weighted by Gasteiger charge is -2.36. The molecule has 5 rings (SSSR count). The standard InChI is InChI=1S/C25H23FN4O3S/c1-17-4-2-3-5-20(17)30-24(32)23-21(10-15-34-23)29(25(30)33)16-22(31)28-13-11-27(12-14-28)19-8-6-18(26)7-9-19/h2-10,15H,11-14,16H2,1H3. The van der Waals surface area contributed by atoms with Crippen molar-refractivity contribution in [2.24, 2.45) is 0 Å². The molecule has 7 nitrogen and oxygen atoms in total. The second-order valence-electron chi connectivity index (χ2n) is 8.27. The summed E-state index contributed by atoms with van der Waals surface area (Å²) in [7, 11) is 0. The van der Waals surface area contributed by atoms with Gasteiger partial charge in [0.15, 0.2) is 0 Å². The third kappa shape index (κ3) is 3.92. The summed E-state index contributed by atoms with van der Waals surface area (Å²) in [6, 6.07) is 15.2. The number of benzene rings is 2. The Kier molecular flexibility index (Phi) is 5.79. The van der Waals surface area contributed by atoms with Gasteiger partial charge in [0.05, 0.1) is 11.2 Å². The SMILES string of the molecule is Cc1ccccc1-n1c(=O)c2sccc2n(CC(=O)N2CCN(c3ccc(F)cc3)CC2)c1=O. The molecule has 3 heterocycles. The number of hydrogen-bond donors (Lipinski definition) is 0. The molecule has 0 bridgehead atoms. The van der Waals surface area contributed by atoms with Crippen molar-refractivity contribution >= 4 is 33.1 Å². The Bertz CT molecular complexity index is 1480. The van der Waals surface area contributed by atoms with Gasteiger partial charge >= 0.3 is 5.69 Å². The van der Waals surface area contributed by atoms with E-state index in [1.807, 2.05) is 19.1 Å². The molecule has 2 aromatic carbocycles. The number of nitrogens with zero attached hydrogens (tertiary/aromatic N) is 4. The minimum atomic E-state index is -0.525. The summed E-state index contributed by atoms with van der Waals surface area (Å²) in [6.45, 7) is 3.92. The molecular formula is C25H23FN4O3S. The number of amides is 1. The highest BCUT2D eigenvalue weighted by Crippen LogP contribution is 2.19. The van der Waals surface area contributed by atoms with E-state index in [1.165, 1.54) is 28.0 Å². The number of halogens is 1. The van der Waals surface area contributed by atoms with Crippen LogP contribution < -0.4 is 16.1 Å². The lowest BCUT2D eigenvalue weighted by Crippen LogP contribution is -2.50. The number of rotatable bonds is 4. The predicted octanol–water partition coefficient (Wildman–Crippen LogP) is 3.01. The Morgan fingerprint density at radius 3 is 2.38 bits per heavy atom. The molecule has 1 saturated heterocycles. The summed E-state index contributed by atoms with van der Waals surface area (Å²) in [5, 5.41) is 1.76. The summed E-state index contributed by atoms with van der Waals surface area (Å²) in [5.74, 6) is -0.460. The van der Waals surface area contributed by atoms with Crippen LogP contribution in [0, 0.1) is 12.7 Å². The maximum absolute atomic E-state index is 13.5. The van der Waals surface area contributed by atoms with E-state index < -0.39 is 5.69 Å². The van der Waals surface area contributed by atoms with Gasteiger partial charge in [-0.3, -0.25) is 14.2 Å². The largest absolute Gasteiger partial charge is 0.368 e. The van der Waals surface area contributed by atoms with E-state index in [2.05, 4.69) is 4.90 Å². The Balaban J connectivity index is 1.42. The van der Waals surface area contributed by atoms with Crippen molar-refractivity contribution in [3.8, 4) is 5.69 Å². The summed E-state index contributed by atoms with van der Waals surface area (Å²) >= 11 is 1.26. The number of thiophene rings is 1. The molecule has 0 N–H and O–H groups in total. The molecule has 1 aliphatic rings. The quantitative estimate of drug-likeness (QED) is 0.452. The lowest BCUT2D eigenvalue weighted by molar-refractivity contribution is -0.132. The fourth-order valence-corrected chi connectivity index (χ4v) is 5.19. The van der Waals surface area contributed by atoms with Crippen LogP contribution in [0.5, 0.6) is 0 Å². The third-order valence-corrected chi connectivity index (χ3v) is 7.12. The molecular weight excluding hydrogens is 455 g/mol. The first kappa shape index (κ1) is 22.1. The highest BCUT2D eigenvalue weighted by molar-refractivity contribution is 7.17. The average molecular weight is 479 g/mol. The van der Waals surface area contributed by atoms with Crippen LogP contribution in [-0.4, -0.2) is 46.1 Å². The number of anilines is 1. The average Bonchev–Trinajstić information content (AvgIpc) is 3.34. The fraction of sp³-hybridized carbons (Fsp3) is 0.240. The summed E-state index contributed by atoms with van der Waals surface area (Å²) < 4.78 is 16.2. The van der Waals surface area contributed by atoms with Crippen LogP contribution in [0.2, 0.25) is 0 Å². The van der Waals surface area contributed by atoms with Crippen molar-refractivity contribution in [1.82, 2.24) is 14.0 Å². The highest BCUT2D eigenvalue weighted by Gasteiger charge is 2.24. The van der Waals surface area contributed by atoms with Crippen LogP contribution in [0.1, 0.15) is 5.56 Å². The molecule has 0 aliphatic carbocycles. The van der Waals surface area contributed by atoms with Crippen LogP contribution in [0.25, 0.3) is 15.9 Å². The zero-order valence-corrected chi connectivity index (χ0v) is 19.4. The topological polar surface area (TPSA) is 67.6 Å². The number of fused-ring (bicyclic) bond motifs is 1. The number of hydrogen-bond acceptors (Lipinski definition) is 5. The van der Waals surface area contributed by atoms with Gasteiger partial charge in [-0.2, -0.15) is 0 Å². The first-order valence-corrected chi connectivity index (χ1v) is 11.9. The molecule has 4 aromatic rings. The Morgan fingerprint density at radius 2 is 1.68 bits per heavy atom. The van der Waals surface area contributed by atoms with Crippen LogP contribution in [0.3, 0.4) is 0 Å². The molecule has 174 valence electrons. The molecule has 1 amide bonds. The fourth-order valence-electron chi connectivity index (χ4n) is 4.37. The van der Waals surface area contributed by atoms with Gasteiger partial charge in [0.25, 0.3) is 5.56 Å². The molecule has 0 atom stereocenters. The molecule has 1 fully saturated rings. The second-order valence-corrected chi connectivity index (χ2v) is 9.19. The maximum atomic E-state index is 13.5. The smallest absolute Gasteiger partial charge is 0.336 e. The van der Waals surface area contributed by atoms with Crippen LogP contribution in [-0.2, 0) is 11.3 Å². The van der Waals surface area contributed by atoms with E-state index in [1.54, 1.807) is 40.6 Å². The van der Waals surface area contributed by atoms with Gasteiger partial charge in [-0.15, -0.1) is 11.3 Å². The number of aromatic nitrogens is 2. The van der Waals surface area contributed by atoms with E-state index in [0.29, 0.717) is 42.1 Å². The summed E-state index contributed by atoms with van der Waals surface area (Å²) in [4.78, 5) is 43.6. The number of carbonyl (C=O) groups excluding carboxylic acids is 1. The predicted molar refractivity (Wildman–Crippen MR) is 132 cm³/mol. The van der Waals surface area contributed by atoms with Gasteiger partial charge in [-0.1, -0.05) is 18.2 Å². The molecule has 9 heteroatoms. The molecule has 1 aliphatic heterocycles. The van der Waals surface area contributed by atoms with Gasteiger partial charge in [0.1, 0.15) is 17.1 Å². The number of piperazine rings is 1. The number of para-hydroxylation sites is 1. The van der Waals surface area contributed by atoms with Crippen molar-refractivity contribution in [2.75, 3.05) is 31.1 Å². The van der Waals surface area contributed by atoms with E-state index >= 15 is 0 Å². The molecule has 34 heavy (non-hydrogen) atoms. The Hall–Kier alpha value is -3.72. The van der Waals surface area contributed by atoms with Crippen molar-refractivity contribution in [3.05, 3.63) is 92.2 Å². The lowest BCUT2D eigenvalue weighted by atomic mass is 10.2. The molecule has 2 aromatic heterocycles. The Labute approximate surface area is 198 Å². The van der Waals surface area contributed by atoms with Gasteiger partial charge in [0.2, 0.25) is 5.91 Å². The van der Waals surface area contributed by atoms with Crippen molar-refractivity contribution in [1.29, 1.82) is 0 Å². The highest BCUT2D eigenvalue weighted by atomic mass is 32.1. The summed E-state index contributed by atoms with van der Waals surface area (Å²) in [6.07, 6.45) is 0. The Morgan fingerprint density at radius 1 is 0.971 bits per heavy atom.